The van der Waals surface area contributed by atoms with Crippen LogP contribution in [0.25, 0.3) is 0 Å². The standard InChI is InChI=1S/C15H12ClIN2O2/c1-9-2-4-12(13(16)6-9)15(21)19-18-8-10-7-11(17)3-5-14(10)20/h2-8,20H,1H3,(H,19,21). The van der Waals surface area contributed by atoms with Gasteiger partial charge in [0.2, 0.25) is 0 Å². The minimum atomic E-state index is -0.402. The summed E-state index contributed by atoms with van der Waals surface area (Å²) in [6.45, 7) is 1.89. The number of phenolic OH excluding ortho intramolecular Hbond substituents is 1. The summed E-state index contributed by atoms with van der Waals surface area (Å²) in [5.74, 6) is -0.303. The molecule has 0 aromatic heterocycles. The Morgan fingerprint density at radius 2 is 2.10 bits per heavy atom. The Balaban J connectivity index is 2.10. The molecule has 0 heterocycles. The maximum Gasteiger partial charge on any atom is 0.272 e. The van der Waals surface area contributed by atoms with Crippen LogP contribution < -0.4 is 5.43 Å². The molecule has 0 saturated carbocycles. The Hall–Kier alpha value is -1.60. The number of nitrogens with one attached hydrogen (secondary N) is 1. The Bertz CT molecular complexity index is 717. The van der Waals surface area contributed by atoms with Crippen molar-refractivity contribution in [3.8, 4) is 5.75 Å². The number of hydrogen-bond acceptors (Lipinski definition) is 3. The van der Waals surface area contributed by atoms with Gasteiger partial charge in [-0.2, -0.15) is 5.10 Å². The van der Waals surface area contributed by atoms with Crippen LogP contribution in [0.15, 0.2) is 41.5 Å². The number of benzene rings is 2. The number of carbonyl (C=O) groups is 1. The number of nitrogens with zero attached hydrogens (tertiary/aromatic N) is 1. The smallest absolute Gasteiger partial charge is 0.272 e. The fourth-order valence-corrected chi connectivity index (χ4v) is 2.49. The maximum atomic E-state index is 11.9. The third-order valence-electron chi connectivity index (χ3n) is 2.73. The second-order valence-corrected chi connectivity index (χ2v) is 6.04. The number of amides is 1. The summed E-state index contributed by atoms with van der Waals surface area (Å²) in [7, 11) is 0. The van der Waals surface area contributed by atoms with E-state index in [1.54, 1.807) is 36.4 Å². The van der Waals surface area contributed by atoms with Crippen LogP contribution in [-0.4, -0.2) is 17.2 Å². The van der Waals surface area contributed by atoms with Gasteiger partial charge in [-0.15, -0.1) is 0 Å². The van der Waals surface area contributed by atoms with Crippen molar-refractivity contribution in [3.05, 3.63) is 61.7 Å². The predicted molar refractivity (Wildman–Crippen MR) is 92.1 cm³/mol. The van der Waals surface area contributed by atoms with E-state index in [2.05, 4.69) is 33.1 Å². The van der Waals surface area contributed by atoms with Gasteiger partial charge in [-0.3, -0.25) is 4.79 Å². The van der Waals surface area contributed by atoms with Crippen LogP contribution in [0.3, 0.4) is 0 Å². The second-order valence-electron chi connectivity index (χ2n) is 4.39. The van der Waals surface area contributed by atoms with Gasteiger partial charge < -0.3 is 5.11 Å². The number of rotatable bonds is 3. The zero-order valence-electron chi connectivity index (χ0n) is 11.1. The van der Waals surface area contributed by atoms with Crippen molar-refractivity contribution in [2.45, 2.75) is 6.92 Å². The number of carbonyl (C=O) groups excluding carboxylic acids is 1. The van der Waals surface area contributed by atoms with E-state index in [1.165, 1.54) is 6.21 Å². The van der Waals surface area contributed by atoms with E-state index in [4.69, 9.17) is 11.6 Å². The Labute approximate surface area is 141 Å². The summed E-state index contributed by atoms with van der Waals surface area (Å²) >= 11 is 8.14. The summed E-state index contributed by atoms with van der Waals surface area (Å²) in [6.07, 6.45) is 1.39. The summed E-state index contributed by atoms with van der Waals surface area (Å²) in [5, 5.41) is 13.9. The normalized spacial score (nSPS) is 10.8. The minimum Gasteiger partial charge on any atom is -0.507 e. The Morgan fingerprint density at radius 1 is 1.33 bits per heavy atom. The van der Waals surface area contributed by atoms with Gasteiger partial charge in [0, 0.05) is 9.13 Å². The number of phenols is 1. The van der Waals surface area contributed by atoms with Crippen LogP contribution in [0.5, 0.6) is 5.75 Å². The highest BCUT2D eigenvalue weighted by Crippen LogP contribution is 2.18. The molecule has 0 atom stereocenters. The van der Waals surface area contributed by atoms with Crippen LogP contribution in [0.1, 0.15) is 21.5 Å². The first-order valence-corrected chi connectivity index (χ1v) is 7.51. The quantitative estimate of drug-likeness (QED) is 0.457. The molecule has 21 heavy (non-hydrogen) atoms. The highest BCUT2D eigenvalue weighted by Gasteiger charge is 2.09. The lowest BCUT2D eigenvalue weighted by Gasteiger charge is -2.04. The second kappa shape index (κ2) is 6.91. The molecule has 0 saturated heterocycles. The molecular formula is C15H12ClIN2O2. The largest absolute Gasteiger partial charge is 0.507 e. The lowest BCUT2D eigenvalue weighted by Crippen LogP contribution is -2.18. The van der Waals surface area contributed by atoms with Crippen molar-refractivity contribution in [3.63, 3.8) is 0 Å². The van der Waals surface area contributed by atoms with E-state index in [1.807, 2.05) is 6.92 Å². The molecule has 2 rings (SSSR count). The lowest BCUT2D eigenvalue weighted by atomic mass is 10.1. The average molecular weight is 415 g/mol. The molecule has 0 bridgehead atoms. The Kier molecular flexibility index (Phi) is 5.19. The van der Waals surface area contributed by atoms with E-state index >= 15 is 0 Å². The maximum absolute atomic E-state index is 11.9. The number of aromatic hydroxyl groups is 1. The van der Waals surface area contributed by atoms with Gasteiger partial charge in [-0.1, -0.05) is 17.7 Å². The SMILES string of the molecule is Cc1ccc(C(=O)NN=Cc2cc(I)ccc2O)c(Cl)c1. The first-order valence-electron chi connectivity index (χ1n) is 6.05. The topological polar surface area (TPSA) is 61.7 Å². The zero-order chi connectivity index (χ0) is 15.4. The van der Waals surface area contributed by atoms with Crippen molar-refractivity contribution in [2.75, 3.05) is 0 Å². The van der Waals surface area contributed by atoms with E-state index in [9.17, 15) is 9.90 Å². The van der Waals surface area contributed by atoms with Crippen LogP contribution in [-0.2, 0) is 0 Å². The highest BCUT2D eigenvalue weighted by molar-refractivity contribution is 14.1. The molecule has 1 amide bonds. The van der Waals surface area contributed by atoms with E-state index in [-0.39, 0.29) is 5.75 Å². The molecule has 0 fully saturated rings. The van der Waals surface area contributed by atoms with Gasteiger partial charge in [-0.25, -0.2) is 5.43 Å². The molecule has 0 aliphatic heterocycles. The Morgan fingerprint density at radius 3 is 2.81 bits per heavy atom. The molecule has 2 N–H and O–H groups in total. The van der Waals surface area contributed by atoms with E-state index in [0.29, 0.717) is 16.1 Å². The molecule has 6 heteroatoms. The number of hydrazone groups is 1. The van der Waals surface area contributed by atoms with Gasteiger partial charge in [0.1, 0.15) is 5.75 Å². The molecule has 108 valence electrons. The highest BCUT2D eigenvalue weighted by atomic mass is 127. The van der Waals surface area contributed by atoms with Crippen LogP contribution in [0, 0.1) is 10.5 Å². The third-order valence-corrected chi connectivity index (χ3v) is 3.71. The van der Waals surface area contributed by atoms with Crippen molar-refractivity contribution in [2.24, 2.45) is 5.10 Å². The fourth-order valence-electron chi connectivity index (χ4n) is 1.65. The van der Waals surface area contributed by atoms with Gasteiger partial charge >= 0.3 is 0 Å². The monoisotopic (exact) mass is 414 g/mol. The zero-order valence-corrected chi connectivity index (χ0v) is 14.0. The lowest BCUT2D eigenvalue weighted by molar-refractivity contribution is 0.0955. The average Bonchev–Trinajstić information content (AvgIpc) is 2.42. The van der Waals surface area contributed by atoms with Crippen molar-refractivity contribution >= 4 is 46.3 Å². The summed E-state index contributed by atoms with van der Waals surface area (Å²) in [4.78, 5) is 11.9. The first kappa shape index (κ1) is 15.8. The molecule has 0 unspecified atom stereocenters. The summed E-state index contributed by atoms with van der Waals surface area (Å²) < 4.78 is 0.958. The molecule has 2 aromatic rings. The van der Waals surface area contributed by atoms with Crippen molar-refractivity contribution in [1.29, 1.82) is 0 Å². The third kappa shape index (κ3) is 4.18. The summed E-state index contributed by atoms with van der Waals surface area (Å²) in [6, 6.07) is 10.3. The predicted octanol–water partition coefficient (Wildman–Crippen LogP) is 3.72. The van der Waals surface area contributed by atoms with Crippen LogP contribution in [0.2, 0.25) is 5.02 Å². The molecule has 0 aliphatic rings. The molecule has 0 aliphatic carbocycles. The molecule has 2 aromatic carbocycles. The van der Waals surface area contributed by atoms with Gasteiger partial charge in [0.25, 0.3) is 5.91 Å². The van der Waals surface area contributed by atoms with Crippen molar-refractivity contribution in [1.82, 2.24) is 5.43 Å². The summed E-state index contributed by atoms with van der Waals surface area (Å²) in [5.41, 5.74) is 4.24. The number of halogens is 2. The first-order chi connectivity index (χ1) is 9.97. The molecule has 0 radical (unpaired) electrons. The minimum absolute atomic E-state index is 0.0989. The van der Waals surface area contributed by atoms with Crippen molar-refractivity contribution < 1.29 is 9.90 Å². The van der Waals surface area contributed by atoms with Crippen LogP contribution >= 0.6 is 34.2 Å². The van der Waals surface area contributed by atoms with E-state index < -0.39 is 5.91 Å². The fraction of sp³-hybridized carbons (Fsp3) is 0.0667. The molecule has 0 spiro atoms. The van der Waals surface area contributed by atoms with Gasteiger partial charge in [0.15, 0.2) is 0 Å². The molecular weight excluding hydrogens is 403 g/mol. The van der Waals surface area contributed by atoms with E-state index in [0.717, 1.165) is 9.13 Å². The van der Waals surface area contributed by atoms with Gasteiger partial charge in [0.05, 0.1) is 16.8 Å². The number of aryl methyl sites for hydroxylation is 1. The van der Waals surface area contributed by atoms with Crippen LogP contribution in [0.4, 0.5) is 0 Å². The number of hydrogen-bond donors (Lipinski definition) is 2. The van der Waals surface area contributed by atoms with Gasteiger partial charge in [-0.05, 0) is 65.4 Å². The molecule has 4 nitrogen and oxygen atoms in total.